The zero-order valence-electron chi connectivity index (χ0n) is 8.68. The second-order valence-electron chi connectivity index (χ2n) is 2.89. The largest absolute Gasteiger partial charge is 0.573 e. The molecule has 0 aliphatic rings. The van der Waals surface area contributed by atoms with Gasteiger partial charge in [0.1, 0.15) is 5.75 Å². The molecular weight excluding hydrogens is 261 g/mol. The Balaban J connectivity index is 3.03. The number of hydrogen-bond acceptors (Lipinski definition) is 3. The van der Waals surface area contributed by atoms with Crippen LogP contribution >= 0.6 is 11.6 Å². The highest BCUT2D eigenvalue weighted by Crippen LogP contribution is 2.32. The van der Waals surface area contributed by atoms with Gasteiger partial charge in [0, 0.05) is 0 Å². The highest BCUT2D eigenvalue weighted by molar-refractivity contribution is 6.35. The van der Waals surface area contributed by atoms with E-state index in [1.807, 2.05) is 0 Å². The van der Waals surface area contributed by atoms with Crippen molar-refractivity contribution in [2.75, 3.05) is 6.61 Å². The Labute approximate surface area is 100 Å². The topological polar surface area (TPSA) is 35.5 Å². The summed E-state index contributed by atoms with van der Waals surface area (Å²) in [5.74, 6) is -1.44. The van der Waals surface area contributed by atoms with Crippen LogP contribution in [0.1, 0.15) is 17.3 Å². The van der Waals surface area contributed by atoms with Crippen LogP contribution in [0.2, 0.25) is 5.02 Å². The van der Waals surface area contributed by atoms with Crippen molar-refractivity contribution < 1.29 is 27.4 Å². The van der Waals surface area contributed by atoms with Crippen molar-refractivity contribution in [1.29, 1.82) is 0 Å². The molecule has 0 spiro atoms. The van der Waals surface area contributed by atoms with Crippen molar-refractivity contribution in [2.24, 2.45) is 0 Å². The SMILES string of the molecule is CCOC(=O)c1cccc(OC(F)(F)F)c1Cl. The van der Waals surface area contributed by atoms with E-state index in [1.165, 1.54) is 12.1 Å². The molecule has 0 aromatic heterocycles. The fraction of sp³-hybridized carbons (Fsp3) is 0.300. The second kappa shape index (κ2) is 5.27. The third-order valence-corrected chi connectivity index (χ3v) is 2.07. The Morgan fingerprint density at radius 2 is 2.06 bits per heavy atom. The Bertz CT molecular complexity index is 418. The normalized spacial score (nSPS) is 11.1. The van der Waals surface area contributed by atoms with Crippen LogP contribution in [0, 0.1) is 0 Å². The molecule has 0 aliphatic carbocycles. The summed E-state index contributed by atoms with van der Waals surface area (Å²) in [6.07, 6.45) is -4.86. The van der Waals surface area contributed by atoms with E-state index in [0.717, 1.165) is 6.07 Å². The lowest BCUT2D eigenvalue weighted by molar-refractivity contribution is -0.274. The molecule has 0 bridgehead atoms. The first-order valence-electron chi connectivity index (χ1n) is 4.56. The zero-order chi connectivity index (χ0) is 13.1. The van der Waals surface area contributed by atoms with Gasteiger partial charge in [-0.3, -0.25) is 0 Å². The van der Waals surface area contributed by atoms with Gasteiger partial charge in [-0.15, -0.1) is 13.2 Å². The molecule has 1 aromatic rings. The summed E-state index contributed by atoms with van der Waals surface area (Å²) >= 11 is 5.62. The Kier molecular flexibility index (Phi) is 4.22. The van der Waals surface area contributed by atoms with Crippen LogP contribution in [0.25, 0.3) is 0 Å². The number of halogens is 4. The van der Waals surface area contributed by atoms with E-state index in [9.17, 15) is 18.0 Å². The summed E-state index contributed by atoms with van der Waals surface area (Å²) < 4.78 is 44.3. The molecule has 0 heterocycles. The van der Waals surface area contributed by atoms with E-state index >= 15 is 0 Å². The molecule has 94 valence electrons. The van der Waals surface area contributed by atoms with Crippen LogP contribution in [0.3, 0.4) is 0 Å². The molecule has 0 saturated heterocycles. The predicted octanol–water partition coefficient (Wildman–Crippen LogP) is 3.42. The average Bonchev–Trinajstić information content (AvgIpc) is 2.19. The summed E-state index contributed by atoms with van der Waals surface area (Å²) in [5.41, 5.74) is -0.171. The average molecular weight is 269 g/mol. The maximum Gasteiger partial charge on any atom is 0.573 e. The third-order valence-electron chi connectivity index (χ3n) is 1.68. The number of carbonyl (C=O) groups is 1. The van der Waals surface area contributed by atoms with Crippen LogP contribution in [0.5, 0.6) is 5.75 Å². The minimum absolute atomic E-state index is 0.0967. The minimum atomic E-state index is -4.86. The number of ether oxygens (including phenoxy) is 2. The van der Waals surface area contributed by atoms with Crippen molar-refractivity contribution in [3.63, 3.8) is 0 Å². The maximum absolute atomic E-state index is 12.0. The summed E-state index contributed by atoms with van der Waals surface area (Å²) in [4.78, 5) is 11.3. The fourth-order valence-electron chi connectivity index (χ4n) is 1.08. The Hall–Kier alpha value is -1.43. The number of carbonyl (C=O) groups excluding carboxylic acids is 1. The molecule has 0 fully saturated rings. The van der Waals surface area contributed by atoms with Gasteiger partial charge in [-0.1, -0.05) is 17.7 Å². The summed E-state index contributed by atoms with van der Waals surface area (Å²) in [5, 5.41) is -0.428. The fourth-order valence-corrected chi connectivity index (χ4v) is 1.32. The van der Waals surface area contributed by atoms with E-state index in [4.69, 9.17) is 11.6 Å². The standard InChI is InChI=1S/C10H8ClF3O3/c1-2-16-9(15)6-4-3-5-7(8(6)11)17-10(12,13)14/h3-5H,2H2,1H3. The first-order valence-corrected chi connectivity index (χ1v) is 4.94. The van der Waals surface area contributed by atoms with Gasteiger partial charge in [0.15, 0.2) is 0 Å². The number of alkyl halides is 3. The molecule has 0 aliphatic heterocycles. The molecule has 0 atom stereocenters. The van der Waals surface area contributed by atoms with Gasteiger partial charge in [0.25, 0.3) is 0 Å². The highest BCUT2D eigenvalue weighted by Gasteiger charge is 2.32. The number of benzene rings is 1. The summed E-state index contributed by atoms with van der Waals surface area (Å²) in [7, 11) is 0. The van der Waals surface area contributed by atoms with Crippen LogP contribution in [0.15, 0.2) is 18.2 Å². The van der Waals surface area contributed by atoms with Gasteiger partial charge in [0.2, 0.25) is 0 Å². The first kappa shape index (κ1) is 13.6. The van der Waals surface area contributed by atoms with Crippen LogP contribution in [0.4, 0.5) is 13.2 Å². The molecule has 1 aromatic carbocycles. The van der Waals surface area contributed by atoms with Crippen molar-refractivity contribution in [3.8, 4) is 5.75 Å². The van der Waals surface area contributed by atoms with Gasteiger partial charge >= 0.3 is 12.3 Å². The first-order chi connectivity index (χ1) is 7.85. The number of esters is 1. The van der Waals surface area contributed by atoms with Crippen molar-refractivity contribution in [3.05, 3.63) is 28.8 Å². The number of hydrogen-bond donors (Lipinski definition) is 0. The van der Waals surface area contributed by atoms with E-state index in [-0.39, 0.29) is 12.2 Å². The molecule has 17 heavy (non-hydrogen) atoms. The van der Waals surface area contributed by atoms with Crippen LogP contribution in [-0.4, -0.2) is 18.9 Å². The molecule has 0 unspecified atom stereocenters. The van der Waals surface area contributed by atoms with E-state index in [1.54, 1.807) is 6.92 Å². The van der Waals surface area contributed by atoms with Gasteiger partial charge < -0.3 is 9.47 Å². The molecule has 0 saturated carbocycles. The lowest BCUT2D eigenvalue weighted by atomic mass is 10.2. The second-order valence-corrected chi connectivity index (χ2v) is 3.26. The molecule has 0 N–H and O–H groups in total. The lowest BCUT2D eigenvalue weighted by Gasteiger charge is -2.12. The maximum atomic E-state index is 12.0. The molecule has 0 amide bonds. The van der Waals surface area contributed by atoms with Crippen molar-refractivity contribution in [1.82, 2.24) is 0 Å². The zero-order valence-corrected chi connectivity index (χ0v) is 9.43. The van der Waals surface area contributed by atoms with Crippen LogP contribution in [-0.2, 0) is 4.74 Å². The summed E-state index contributed by atoms with van der Waals surface area (Å²) in [6, 6.07) is 3.49. The molecular formula is C10H8ClF3O3. The smallest absolute Gasteiger partial charge is 0.462 e. The van der Waals surface area contributed by atoms with E-state index in [0.29, 0.717) is 0 Å². The van der Waals surface area contributed by atoms with E-state index in [2.05, 4.69) is 9.47 Å². The minimum Gasteiger partial charge on any atom is -0.462 e. The number of rotatable bonds is 3. The molecule has 3 nitrogen and oxygen atoms in total. The lowest BCUT2D eigenvalue weighted by Crippen LogP contribution is -2.18. The quantitative estimate of drug-likeness (QED) is 0.788. The van der Waals surface area contributed by atoms with E-state index < -0.39 is 23.1 Å². The molecule has 0 radical (unpaired) electrons. The summed E-state index contributed by atoms with van der Waals surface area (Å²) in [6.45, 7) is 1.67. The van der Waals surface area contributed by atoms with Gasteiger partial charge in [-0.2, -0.15) is 0 Å². The van der Waals surface area contributed by atoms with Crippen molar-refractivity contribution in [2.45, 2.75) is 13.3 Å². The molecule has 7 heteroatoms. The molecule has 1 rings (SSSR count). The predicted molar refractivity (Wildman–Crippen MR) is 54.1 cm³/mol. The van der Waals surface area contributed by atoms with Gasteiger partial charge in [-0.25, -0.2) is 4.79 Å². The Morgan fingerprint density at radius 3 is 2.59 bits per heavy atom. The monoisotopic (exact) mass is 268 g/mol. The Morgan fingerprint density at radius 1 is 1.41 bits per heavy atom. The van der Waals surface area contributed by atoms with Crippen LogP contribution < -0.4 is 4.74 Å². The van der Waals surface area contributed by atoms with Gasteiger partial charge in [-0.05, 0) is 19.1 Å². The highest BCUT2D eigenvalue weighted by atomic mass is 35.5. The van der Waals surface area contributed by atoms with Crippen molar-refractivity contribution >= 4 is 17.6 Å². The van der Waals surface area contributed by atoms with Gasteiger partial charge in [0.05, 0.1) is 17.2 Å². The third kappa shape index (κ3) is 3.81.